The first kappa shape index (κ1) is 19.3. The number of nitrogens with one attached hydrogen (secondary N) is 1. The summed E-state index contributed by atoms with van der Waals surface area (Å²) < 4.78 is 25.8. The topological polar surface area (TPSA) is 66.5 Å². The zero-order valence-corrected chi connectivity index (χ0v) is 16.1. The third-order valence-electron chi connectivity index (χ3n) is 3.90. The number of amides is 1. The Labute approximate surface area is 153 Å². The molecule has 25 heavy (non-hydrogen) atoms. The van der Waals surface area contributed by atoms with Gasteiger partial charge in [-0.1, -0.05) is 35.9 Å². The molecule has 2 aromatic rings. The van der Waals surface area contributed by atoms with Gasteiger partial charge in [0.05, 0.1) is 11.9 Å². The molecule has 0 aliphatic rings. The summed E-state index contributed by atoms with van der Waals surface area (Å²) in [5.41, 5.74) is 2.65. The summed E-state index contributed by atoms with van der Waals surface area (Å²) in [7, 11) is -3.69. The number of nitrogens with zero attached hydrogens (tertiary/aromatic N) is 1. The molecule has 0 aliphatic carbocycles. The Morgan fingerprint density at radius 1 is 1.12 bits per heavy atom. The molecule has 2 rings (SSSR count). The van der Waals surface area contributed by atoms with Crippen molar-refractivity contribution < 1.29 is 13.2 Å². The molecule has 0 heterocycles. The van der Waals surface area contributed by atoms with Crippen molar-refractivity contribution in [3.63, 3.8) is 0 Å². The van der Waals surface area contributed by atoms with Crippen LogP contribution in [-0.2, 0) is 14.8 Å². The fourth-order valence-electron chi connectivity index (χ4n) is 2.55. The number of hydrogen-bond donors (Lipinski definition) is 1. The molecule has 2 aromatic carbocycles. The molecule has 1 N–H and O–H groups in total. The highest BCUT2D eigenvalue weighted by atomic mass is 35.5. The van der Waals surface area contributed by atoms with Gasteiger partial charge in [0.1, 0.15) is 6.04 Å². The van der Waals surface area contributed by atoms with E-state index in [2.05, 4.69) is 5.32 Å². The molecule has 0 aliphatic heterocycles. The molecule has 0 unspecified atom stereocenters. The fourth-order valence-corrected chi connectivity index (χ4v) is 3.94. The second-order valence-corrected chi connectivity index (χ2v) is 8.27. The normalized spacial score (nSPS) is 12.5. The Morgan fingerprint density at radius 3 is 2.36 bits per heavy atom. The van der Waals surface area contributed by atoms with Gasteiger partial charge in [0.2, 0.25) is 15.9 Å². The molecule has 5 nitrogen and oxygen atoms in total. The molecule has 0 spiro atoms. The van der Waals surface area contributed by atoms with E-state index in [4.69, 9.17) is 11.6 Å². The minimum absolute atomic E-state index is 0.391. The van der Waals surface area contributed by atoms with Crippen LogP contribution in [0.4, 0.5) is 11.4 Å². The number of hydrogen-bond acceptors (Lipinski definition) is 3. The molecular weight excluding hydrogens is 360 g/mol. The van der Waals surface area contributed by atoms with Crippen LogP contribution < -0.4 is 9.62 Å². The van der Waals surface area contributed by atoms with Crippen molar-refractivity contribution in [3.8, 4) is 0 Å². The van der Waals surface area contributed by atoms with Gasteiger partial charge in [-0.15, -0.1) is 0 Å². The first-order chi connectivity index (χ1) is 11.6. The molecule has 0 saturated carbocycles. The van der Waals surface area contributed by atoms with E-state index >= 15 is 0 Å². The van der Waals surface area contributed by atoms with Crippen LogP contribution in [0.1, 0.15) is 18.1 Å². The number of aryl methyl sites for hydroxylation is 2. The van der Waals surface area contributed by atoms with Gasteiger partial charge in [0.15, 0.2) is 0 Å². The second kappa shape index (κ2) is 7.45. The van der Waals surface area contributed by atoms with Crippen LogP contribution in [0.2, 0.25) is 5.02 Å². The standard InChI is InChI=1S/C18H21ClN2O3S/c1-12-7-5-6-8-16(12)20-18(22)14(3)21(25(4,23)24)17-11-15(19)10-9-13(17)2/h5-11,14H,1-4H3,(H,20,22)/t14-/m0/s1. The Bertz CT molecular complexity index is 897. The highest BCUT2D eigenvalue weighted by molar-refractivity contribution is 7.92. The van der Waals surface area contributed by atoms with Crippen molar-refractivity contribution >= 4 is 38.9 Å². The van der Waals surface area contributed by atoms with E-state index in [1.54, 1.807) is 38.1 Å². The Balaban J connectivity index is 2.40. The monoisotopic (exact) mass is 380 g/mol. The average molecular weight is 381 g/mol. The van der Waals surface area contributed by atoms with Crippen molar-refractivity contribution in [2.75, 3.05) is 15.9 Å². The molecule has 0 bridgehead atoms. The van der Waals surface area contributed by atoms with Crippen molar-refractivity contribution in [2.24, 2.45) is 0 Å². The molecule has 1 atom stereocenters. The van der Waals surface area contributed by atoms with Crippen molar-refractivity contribution in [1.82, 2.24) is 0 Å². The lowest BCUT2D eigenvalue weighted by atomic mass is 10.1. The number of benzene rings is 2. The Hall–Kier alpha value is -2.05. The van der Waals surface area contributed by atoms with Crippen LogP contribution in [0.15, 0.2) is 42.5 Å². The van der Waals surface area contributed by atoms with Crippen LogP contribution >= 0.6 is 11.6 Å². The first-order valence-electron chi connectivity index (χ1n) is 7.73. The maximum absolute atomic E-state index is 12.7. The minimum atomic E-state index is -3.69. The number of sulfonamides is 1. The minimum Gasteiger partial charge on any atom is -0.324 e. The van der Waals surface area contributed by atoms with E-state index in [1.165, 1.54) is 0 Å². The molecule has 7 heteroatoms. The van der Waals surface area contributed by atoms with Crippen LogP contribution in [0.5, 0.6) is 0 Å². The summed E-state index contributed by atoms with van der Waals surface area (Å²) >= 11 is 6.02. The third-order valence-corrected chi connectivity index (χ3v) is 5.36. The maximum Gasteiger partial charge on any atom is 0.248 e. The first-order valence-corrected chi connectivity index (χ1v) is 9.96. The average Bonchev–Trinajstić information content (AvgIpc) is 2.51. The van der Waals surface area contributed by atoms with Crippen LogP contribution in [-0.4, -0.2) is 26.6 Å². The lowest BCUT2D eigenvalue weighted by Crippen LogP contribution is -2.45. The zero-order valence-electron chi connectivity index (χ0n) is 14.6. The van der Waals surface area contributed by atoms with Gasteiger partial charge in [-0.2, -0.15) is 0 Å². The smallest absolute Gasteiger partial charge is 0.248 e. The Kier molecular flexibility index (Phi) is 5.75. The number of para-hydroxylation sites is 1. The lowest BCUT2D eigenvalue weighted by molar-refractivity contribution is -0.116. The largest absolute Gasteiger partial charge is 0.324 e. The van der Waals surface area contributed by atoms with E-state index in [9.17, 15) is 13.2 Å². The number of anilines is 2. The van der Waals surface area contributed by atoms with Crippen molar-refractivity contribution in [3.05, 3.63) is 58.6 Å². The van der Waals surface area contributed by atoms with Crippen LogP contribution in [0, 0.1) is 13.8 Å². The van der Waals surface area contributed by atoms with Gasteiger partial charge >= 0.3 is 0 Å². The van der Waals surface area contributed by atoms with E-state index in [0.717, 1.165) is 16.1 Å². The summed E-state index contributed by atoms with van der Waals surface area (Å²) in [6, 6.07) is 11.3. The van der Waals surface area contributed by atoms with Gasteiger partial charge < -0.3 is 5.32 Å². The summed E-state index contributed by atoms with van der Waals surface area (Å²) in [6.07, 6.45) is 1.07. The van der Waals surface area contributed by atoms with Crippen LogP contribution in [0.3, 0.4) is 0 Å². The molecular formula is C18H21ClN2O3S. The van der Waals surface area contributed by atoms with E-state index < -0.39 is 22.0 Å². The van der Waals surface area contributed by atoms with E-state index in [1.807, 2.05) is 25.1 Å². The zero-order chi connectivity index (χ0) is 18.8. The molecule has 134 valence electrons. The van der Waals surface area contributed by atoms with Crippen molar-refractivity contribution in [1.29, 1.82) is 0 Å². The summed E-state index contributed by atoms with van der Waals surface area (Å²) in [5, 5.41) is 3.19. The SMILES string of the molecule is Cc1ccccc1NC(=O)[C@H](C)N(c1cc(Cl)ccc1C)S(C)(=O)=O. The predicted molar refractivity (Wildman–Crippen MR) is 103 cm³/mol. The van der Waals surface area contributed by atoms with E-state index in [0.29, 0.717) is 22.0 Å². The fraction of sp³-hybridized carbons (Fsp3) is 0.278. The maximum atomic E-state index is 12.7. The quantitative estimate of drug-likeness (QED) is 0.858. The van der Waals surface area contributed by atoms with Gasteiger partial charge in [-0.3, -0.25) is 9.10 Å². The van der Waals surface area contributed by atoms with Gasteiger partial charge in [0, 0.05) is 10.7 Å². The second-order valence-electron chi connectivity index (χ2n) is 5.97. The van der Waals surface area contributed by atoms with E-state index in [-0.39, 0.29) is 0 Å². The van der Waals surface area contributed by atoms with Crippen molar-refractivity contribution in [2.45, 2.75) is 26.8 Å². The van der Waals surface area contributed by atoms with Gasteiger partial charge in [-0.05, 0) is 50.1 Å². The summed E-state index contributed by atoms with van der Waals surface area (Å²) in [6.45, 7) is 5.19. The third kappa shape index (κ3) is 4.52. The highest BCUT2D eigenvalue weighted by Crippen LogP contribution is 2.28. The molecule has 0 saturated heterocycles. The molecule has 0 radical (unpaired) electrons. The number of halogens is 1. The molecule has 0 fully saturated rings. The number of carbonyl (C=O) groups is 1. The Morgan fingerprint density at radius 2 is 1.76 bits per heavy atom. The number of carbonyl (C=O) groups excluding carboxylic acids is 1. The molecule has 1 amide bonds. The van der Waals surface area contributed by atoms with Gasteiger partial charge in [-0.25, -0.2) is 8.42 Å². The number of rotatable bonds is 5. The summed E-state index contributed by atoms with van der Waals surface area (Å²) in [4.78, 5) is 12.7. The van der Waals surface area contributed by atoms with Crippen LogP contribution in [0.25, 0.3) is 0 Å². The predicted octanol–water partition coefficient (Wildman–Crippen LogP) is 3.75. The summed E-state index contributed by atoms with van der Waals surface area (Å²) in [5.74, 6) is -0.417. The lowest BCUT2D eigenvalue weighted by Gasteiger charge is -2.29. The van der Waals surface area contributed by atoms with Gasteiger partial charge in [0.25, 0.3) is 0 Å². The molecule has 0 aromatic heterocycles. The highest BCUT2D eigenvalue weighted by Gasteiger charge is 2.30.